The molecule has 6 heteroatoms. The number of amides is 1. The molecule has 148 valence electrons. The average Bonchev–Trinajstić information content (AvgIpc) is 2.65. The number of carbonyl (C=O) groups is 1. The molecule has 0 aromatic heterocycles. The minimum atomic E-state index is -0.00319. The lowest BCUT2D eigenvalue weighted by molar-refractivity contribution is -0.124. The number of nitrogens with zero attached hydrogens (tertiary/aromatic N) is 1. The number of likely N-dealkylation sites (tertiary alicyclic amines) is 1. The first-order valence-corrected chi connectivity index (χ1v) is 9.54. The molecule has 0 bridgehead atoms. The van der Waals surface area contributed by atoms with Crippen LogP contribution in [0.4, 0.5) is 0 Å². The van der Waals surface area contributed by atoms with E-state index in [4.69, 9.17) is 0 Å². The minimum absolute atomic E-state index is 0. The molecule has 1 unspecified atom stereocenters. The quantitative estimate of drug-likeness (QED) is 0.792. The molecular formula is C20H33Cl2N3O. The van der Waals surface area contributed by atoms with E-state index >= 15 is 0 Å². The molecule has 1 aromatic carbocycles. The van der Waals surface area contributed by atoms with Crippen LogP contribution >= 0.6 is 24.8 Å². The van der Waals surface area contributed by atoms with E-state index in [0.29, 0.717) is 6.54 Å². The molecule has 2 heterocycles. The third-order valence-electron chi connectivity index (χ3n) is 5.54. The first-order valence-electron chi connectivity index (χ1n) is 9.54. The van der Waals surface area contributed by atoms with Crippen molar-refractivity contribution in [3.63, 3.8) is 0 Å². The van der Waals surface area contributed by atoms with E-state index in [2.05, 4.69) is 52.8 Å². The van der Waals surface area contributed by atoms with Gasteiger partial charge in [-0.05, 0) is 56.8 Å². The molecule has 2 fully saturated rings. The number of halogens is 2. The number of piperidine rings is 2. The Morgan fingerprint density at radius 1 is 1.15 bits per heavy atom. The SMILES string of the molecule is CC1CCN(C(CNC(=O)[C@H]2CCCCN2)c2ccccc2)CC1.Cl.Cl. The van der Waals surface area contributed by atoms with Gasteiger partial charge in [0.1, 0.15) is 0 Å². The Bertz CT molecular complexity index is 515. The lowest BCUT2D eigenvalue weighted by atomic mass is 9.95. The van der Waals surface area contributed by atoms with Crippen molar-refractivity contribution in [3.05, 3.63) is 35.9 Å². The molecule has 4 nitrogen and oxygen atoms in total. The van der Waals surface area contributed by atoms with Crippen LogP contribution in [0.5, 0.6) is 0 Å². The number of nitrogens with one attached hydrogen (secondary N) is 2. The van der Waals surface area contributed by atoms with Gasteiger partial charge >= 0.3 is 0 Å². The second kappa shape index (κ2) is 11.8. The van der Waals surface area contributed by atoms with Crippen LogP contribution in [-0.2, 0) is 4.79 Å². The minimum Gasteiger partial charge on any atom is -0.353 e. The molecule has 0 saturated carbocycles. The van der Waals surface area contributed by atoms with Crippen molar-refractivity contribution in [2.75, 3.05) is 26.2 Å². The molecule has 0 aliphatic carbocycles. The maximum absolute atomic E-state index is 12.5. The highest BCUT2D eigenvalue weighted by atomic mass is 35.5. The third kappa shape index (κ3) is 6.41. The molecule has 0 spiro atoms. The Kier molecular flexibility index (Phi) is 10.6. The van der Waals surface area contributed by atoms with Crippen LogP contribution in [0, 0.1) is 5.92 Å². The van der Waals surface area contributed by atoms with Crippen LogP contribution in [0.25, 0.3) is 0 Å². The topological polar surface area (TPSA) is 44.4 Å². The highest BCUT2D eigenvalue weighted by Crippen LogP contribution is 2.26. The van der Waals surface area contributed by atoms with E-state index in [0.717, 1.165) is 38.4 Å². The van der Waals surface area contributed by atoms with Crippen molar-refractivity contribution in [2.45, 2.75) is 51.1 Å². The van der Waals surface area contributed by atoms with Crippen LogP contribution in [0.3, 0.4) is 0 Å². The zero-order chi connectivity index (χ0) is 16.8. The van der Waals surface area contributed by atoms with E-state index in [1.165, 1.54) is 24.8 Å². The summed E-state index contributed by atoms with van der Waals surface area (Å²) in [6.07, 6.45) is 5.80. The molecule has 26 heavy (non-hydrogen) atoms. The van der Waals surface area contributed by atoms with Crippen LogP contribution in [-0.4, -0.2) is 43.0 Å². The number of rotatable bonds is 5. The lowest BCUT2D eigenvalue weighted by Crippen LogP contribution is -2.49. The second-order valence-electron chi connectivity index (χ2n) is 7.39. The van der Waals surface area contributed by atoms with Gasteiger partial charge in [0, 0.05) is 6.54 Å². The van der Waals surface area contributed by atoms with Gasteiger partial charge in [-0.1, -0.05) is 43.7 Å². The summed E-state index contributed by atoms with van der Waals surface area (Å²) in [6.45, 7) is 6.25. The number of hydrogen-bond acceptors (Lipinski definition) is 3. The Hall–Kier alpha value is -0.810. The summed E-state index contributed by atoms with van der Waals surface area (Å²) in [5, 5.41) is 6.56. The van der Waals surface area contributed by atoms with Crippen molar-refractivity contribution < 1.29 is 4.79 Å². The van der Waals surface area contributed by atoms with Gasteiger partial charge in [0.25, 0.3) is 0 Å². The van der Waals surface area contributed by atoms with Gasteiger partial charge in [0.15, 0.2) is 0 Å². The first-order chi connectivity index (χ1) is 11.7. The van der Waals surface area contributed by atoms with E-state index in [1.54, 1.807) is 0 Å². The normalized spacial score (nSPS) is 22.6. The smallest absolute Gasteiger partial charge is 0.237 e. The molecule has 2 saturated heterocycles. The fourth-order valence-corrected chi connectivity index (χ4v) is 3.87. The third-order valence-corrected chi connectivity index (χ3v) is 5.54. The van der Waals surface area contributed by atoms with Gasteiger partial charge in [-0.2, -0.15) is 0 Å². The zero-order valence-electron chi connectivity index (χ0n) is 15.7. The summed E-state index contributed by atoms with van der Waals surface area (Å²) in [5.74, 6) is 0.986. The summed E-state index contributed by atoms with van der Waals surface area (Å²) >= 11 is 0. The van der Waals surface area contributed by atoms with Gasteiger partial charge in [0.05, 0.1) is 12.1 Å². The van der Waals surface area contributed by atoms with Crippen LogP contribution in [0.1, 0.15) is 50.6 Å². The van der Waals surface area contributed by atoms with Crippen molar-refractivity contribution >= 4 is 30.7 Å². The monoisotopic (exact) mass is 401 g/mol. The van der Waals surface area contributed by atoms with Crippen molar-refractivity contribution in [1.82, 2.24) is 15.5 Å². The Balaban J connectivity index is 0.00000169. The Morgan fingerprint density at radius 2 is 1.85 bits per heavy atom. The van der Waals surface area contributed by atoms with Crippen molar-refractivity contribution in [1.29, 1.82) is 0 Å². The number of hydrogen-bond donors (Lipinski definition) is 2. The second-order valence-corrected chi connectivity index (χ2v) is 7.39. The van der Waals surface area contributed by atoms with E-state index in [9.17, 15) is 4.79 Å². The van der Waals surface area contributed by atoms with Gasteiger partial charge in [-0.25, -0.2) is 0 Å². The van der Waals surface area contributed by atoms with Crippen LogP contribution in [0.15, 0.2) is 30.3 Å². The highest BCUT2D eigenvalue weighted by Gasteiger charge is 2.26. The zero-order valence-corrected chi connectivity index (χ0v) is 17.3. The molecule has 1 amide bonds. The molecule has 1 aromatic rings. The molecule has 2 aliphatic heterocycles. The largest absolute Gasteiger partial charge is 0.353 e. The number of carbonyl (C=O) groups excluding carboxylic acids is 1. The van der Waals surface area contributed by atoms with Crippen molar-refractivity contribution in [3.8, 4) is 0 Å². The van der Waals surface area contributed by atoms with Crippen molar-refractivity contribution in [2.24, 2.45) is 5.92 Å². The standard InChI is InChI=1S/C20H31N3O.2ClH/c1-16-10-13-23(14-11-16)19(17-7-3-2-4-8-17)15-22-20(24)18-9-5-6-12-21-18;;/h2-4,7-8,16,18-19,21H,5-6,9-15H2,1H3,(H,22,24);2*1H/t18-,19?;;/m1../s1. The lowest BCUT2D eigenvalue weighted by Gasteiger charge is -2.37. The summed E-state index contributed by atoms with van der Waals surface area (Å²) in [7, 11) is 0. The van der Waals surface area contributed by atoms with Gasteiger partial charge < -0.3 is 10.6 Å². The first kappa shape index (κ1) is 23.2. The summed E-state index contributed by atoms with van der Waals surface area (Å²) in [5.41, 5.74) is 1.31. The summed E-state index contributed by atoms with van der Waals surface area (Å²) < 4.78 is 0. The summed E-state index contributed by atoms with van der Waals surface area (Å²) in [4.78, 5) is 15.0. The van der Waals surface area contributed by atoms with E-state index in [-0.39, 0.29) is 42.8 Å². The molecule has 3 rings (SSSR count). The van der Waals surface area contributed by atoms with E-state index in [1.807, 2.05) is 0 Å². The van der Waals surface area contributed by atoms with E-state index < -0.39 is 0 Å². The maximum Gasteiger partial charge on any atom is 0.237 e. The molecule has 2 N–H and O–H groups in total. The fourth-order valence-electron chi connectivity index (χ4n) is 3.87. The fraction of sp³-hybridized carbons (Fsp3) is 0.650. The maximum atomic E-state index is 12.5. The average molecular weight is 402 g/mol. The molecular weight excluding hydrogens is 369 g/mol. The van der Waals surface area contributed by atoms with Gasteiger partial charge in [0.2, 0.25) is 5.91 Å². The summed E-state index contributed by atoms with van der Waals surface area (Å²) in [6, 6.07) is 10.9. The highest BCUT2D eigenvalue weighted by molar-refractivity contribution is 5.85. The number of benzene rings is 1. The molecule has 0 radical (unpaired) electrons. The van der Waals surface area contributed by atoms with Crippen LogP contribution in [0.2, 0.25) is 0 Å². The molecule has 2 aliphatic rings. The Morgan fingerprint density at radius 3 is 2.46 bits per heavy atom. The predicted octanol–water partition coefficient (Wildman–Crippen LogP) is 3.56. The molecule has 2 atom stereocenters. The van der Waals surface area contributed by atoms with Crippen LogP contribution < -0.4 is 10.6 Å². The van der Waals surface area contributed by atoms with Gasteiger partial charge in [-0.15, -0.1) is 24.8 Å². The predicted molar refractivity (Wildman–Crippen MR) is 112 cm³/mol. The van der Waals surface area contributed by atoms with Gasteiger partial charge in [-0.3, -0.25) is 9.69 Å². The Labute approximate surface area is 170 Å².